The van der Waals surface area contributed by atoms with E-state index in [1.165, 1.54) is 0 Å². The Balaban J connectivity index is 1.83. The molecule has 0 aliphatic rings. The summed E-state index contributed by atoms with van der Waals surface area (Å²) in [5, 5.41) is 8.54. The van der Waals surface area contributed by atoms with Crippen molar-refractivity contribution in [3.05, 3.63) is 65.9 Å². The van der Waals surface area contributed by atoms with Crippen LogP contribution in [0.2, 0.25) is 0 Å². The van der Waals surface area contributed by atoms with Gasteiger partial charge in [0.15, 0.2) is 5.76 Å². The highest BCUT2D eigenvalue weighted by Crippen LogP contribution is 2.28. The lowest BCUT2D eigenvalue weighted by molar-refractivity contribution is 0.0502. The molecule has 1 aromatic heterocycles. The highest BCUT2D eigenvalue weighted by molar-refractivity contribution is 5.96. The first-order valence-corrected chi connectivity index (χ1v) is 8.35. The molecule has 0 unspecified atom stereocenters. The van der Waals surface area contributed by atoms with Crippen LogP contribution in [0.25, 0.3) is 22.8 Å². The largest absolute Gasteiger partial charge is 0.462 e. The predicted molar refractivity (Wildman–Crippen MR) is 97.2 cm³/mol. The van der Waals surface area contributed by atoms with Gasteiger partial charge in [-0.05, 0) is 25.5 Å². The van der Waals surface area contributed by atoms with Gasteiger partial charge >= 0.3 is 5.97 Å². The molecule has 0 N–H and O–H groups in total. The van der Waals surface area contributed by atoms with Gasteiger partial charge in [0.2, 0.25) is 5.89 Å². The van der Waals surface area contributed by atoms with E-state index in [-0.39, 0.29) is 6.61 Å². The molecular formula is C21H18N2O3. The maximum Gasteiger partial charge on any atom is 0.338 e. The third-order valence-electron chi connectivity index (χ3n) is 3.89. The molecule has 0 radical (unpaired) electrons. The molecule has 0 fully saturated rings. The molecule has 130 valence electrons. The van der Waals surface area contributed by atoms with E-state index in [1.54, 1.807) is 24.4 Å². The lowest BCUT2D eigenvalue weighted by Crippen LogP contribution is -2.08. The minimum absolute atomic E-state index is 0.209. The molecule has 0 amide bonds. The van der Waals surface area contributed by atoms with Crippen molar-refractivity contribution in [1.82, 2.24) is 4.98 Å². The summed E-state index contributed by atoms with van der Waals surface area (Å²) in [4.78, 5) is 16.7. The van der Waals surface area contributed by atoms with Gasteiger partial charge < -0.3 is 9.15 Å². The number of benzene rings is 2. The summed E-state index contributed by atoms with van der Waals surface area (Å²) in [6, 6.07) is 17.0. The molecular weight excluding hydrogens is 328 g/mol. The molecule has 5 nitrogen and oxygen atoms in total. The number of carbonyl (C=O) groups is 1. The number of aryl methyl sites for hydroxylation is 1. The SMILES string of the molecule is Cc1ccc(-c2cnc(-c3ccccc3C(=O)OCCCC#N)o2)cc1. The predicted octanol–water partition coefficient (Wildman–Crippen LogP) is 4.78. The lowest BCUT2D eigenvalue weighted by Gasteiger charge is -2.07. The average molecular weight is 346 g/mol. The molecule has 3 aromatic rings. The summed E-state index contributed by atoms with van der Waals surface area (Å²) in [6.07, 6.45) is 2.52. The zero-order valence-electron chi connectivity index (χ0n) is 14.4. The molecule has 5 heteroatoms. The van der Waals surface area contributed by atoms with E-state index in [9.17, 15) is 4.79 Å². The van der Waals surface area contributed by atoms with E-state index in [1.807, 2.05) is 43.3 Å². The molecule has 1 heterocycles. The number of carbonyl (C=O) groups excluding carboxylic acids is 1. The molecule has 0 saturated carbocycles. The van der Waals surface area contributed by atoms with Crippen LogP contribution in [-0.2, 0) is 4.74 Å². The van der Waals surface area contributed by atoms with Crippen molar-refractivity contribution in [3.63, 3.8) is 0 Å². The molecule has 26 heavy (non-hydrogen) atoms. The molecule has 0 bridgehead atoms. The van der Waals surface area contributed by atoms with E-state index >= 15 is 0 Å². The Bertz CT molecular complexity index is 936. The maximum absolute atomic E-state index is 12.3. The van der Waals surface area contributed by atoms with Crippen LogP contribution in [0.1, 0.15) is 28.8 Å². The Morgan fingerprint density at radius 2 is 1.96 bits per heavy atom. The lowest BCUT2D eigenvalue weighted by atomic mass is 10.1. The first kappa shape index (κ1) is 17.4. The molecule has 3 rings (SSSR count). The quantitative estimate of drug-likeness (QED) is 0.474. The van der Waals surface area contributed by atoms with Gasteiger partial charge in [0.1, 0.15) is 0 Å². The second-order valence-electron chi connectivity index (χ2n) is 5.84. The van der Waals surface area contributed by atoms with Gasteiger partial charge in [-0.1, -0.05) is 42.0 Å². The number of rotatable bonds is 6. The Kier molecular flexibility index (Phi) is 5.45. The average Bonchev–Trinajstić information content (AvgIpc) is 3.16. The summed E-state index contributed by atoms with van der Waals surface area (Å²) in [7, 11) is 0. The van der Waals surface area contributed by atoms with Crippen LogP contribution in [0.3, 0.4) is 0 Å². The Morgan fingerprint density at radius 3 is 2.73 bits per heavy atom. The Morgan fingerprint density at radius 1 is 1.19 bits per heavy atom. The highest BCUT2D eigenvalue weighted by Gasteiger charge is 2.17. The maximum atomic E-state index is 12.3. The summed E-state index contributed by atoms with van der Waals surface area (Å²) in [6.45, 7) is 2.23. The van der Waals surface area contributed by atoms with Gasteiger partial charge in [-0.15, -0.1) is 0 Å². The molecule has 0 aliphatic carbocycles. The molecule has 0 aliphatic heterocycles. The number of aromatic nitrogens is 1. The van der Waals surface area contributed by atoms with Gasteiger partial charge in [-0.2, -0.15) is 5.26 Å². The van der Waals surface area contributed by atoms with E-state index in [4.69, 9.17) is 14.4 Å². The van der Waals surface area contributed by atoms with E-state index < -0.39 is 5.97 Å². The normalized spacial score (nSPS) is 10.3. The summed E-state index contributed by atoms with van der Waals surface area (Å²) >= 11 is 0. The first-order chi connectivity index (χ1) is 12.7. The molecule has 0 spiro atoms. The fourth-order valence-electron chi connectivity index (χ4n) is 2.49. The number of unbranched alkanes of at least 4 members (excludes halogenated alkanes) is 1. The van der Waals surface area contributed by atoms with Crippen molar-refractivity contribution in [1.29, 1.82) is 5.26 Å². The highest BCUT2D eigenvalue weighted by atomic mass is 16.5. The van der Waals surface area contributed by atoms with Gasteiger partial charge in [0, 0.05) is 12.0 Å². The van der Waals surface area contributed by atoms with Crippen molar-refractivity contribution in [2.45, 2.75) is 19.8 Å². The van der Waals surface area contributed by atoms with Crippen LogP contribution in [0.5, 0.6) is 0 Å². The number of hydrogen-bond acceptors (Lipinski definition) is 5. The fraction of sp³-hybridized carbons (Fsp3) is 0.190. The van der Waals surface area contributed by atoms with Crippen LogP contribution in [0.15, 0.2) is 59.1 Å². The van der Waals surface area contributed by atoms with E-state index in [0.717, 1.165) is 11.1 Å². The second-order valence-corrected chi connectivity index (χ2v) is 5.84. The van der Waals surface area contributed by atoms with Gasteiger partial charge in [-0.25, -0.2) is 9.78 Å². The van der Waals surface area contributed by atoms with E-state index in [0.29, 0.717) is 35.6 Å². The van der Waals surface area contributed by atoms with Gasteiger partial charge in [0.25, 0.3) is 0 Å². The standard InChI is InChI=1S/C21H18N2O3/c1-15-8-10-16(11-9-15)19-14-23-20(26-19)17-6-2-3-7-18(17)21(24)25-13-5-4-12-22/h2-3,6-11,14H,4-5,13H2,1H3. The van der Waals surface area contributed by atoms with Crippen molar-refractivity contribution in [3.8, 4) is 28.8 Å². The molecule has 2 aromatic carbocycles. The number of hydrogen-bond donors (Lipinski definition) is 0. The number of esters is 1. The zero-order valence-corrected chi connectivity index (χ0v) is 14.4. The topological polar surface area (TPSA) is 76.1 Å². The van der Waals surface area contributed by atoms with Crippen LogP contribution in [0.4, 0.5) is 0 Å². The monoisotopic (exact) mass is 346 g/mol. The molecule has 0 atom stereocenters. The summed E-state index contributed by atoms with van der Waals surface area (Å²) < 4.78 is 11.1. The number of nitrogens with zero attached hydrogens (tertiary/aromatic N) is 2. The Hall–Kier alpha value is -3.39. The smallest absolute Gasteiger partial charge is 0.338 e. The number of ether oxygens (including phenoxy) is 1. The van der Waals surface area contributed by atoms with Crippen molar-refractivity contribution >= 4 is 5.97 Å². The molecule has 0 saturated heterocycles. The van der Waals surface area contributed by atoms with Crippen LogP contribution in [-0.4, -0.2) is 17.6 Å². The first-order valence-electron chi connectivity index (χ1n) is 8.35. The van der Waals surface area contributed by atoms with Crippen molar-refractivity contribution in [2.75, 3.05) is 6.61 Å². The Labute approximate surface area is 151 Å². The van der Waals surface area contributed by atoms with Gasteiger partial charge in [0.05, 0.1) is 30.0 Å². The minimum atomic E-state index is -0.450. The van der Waals surface area contributed by atoms with Gasteiger partial charge in [-0.3, -0.25) is 0 Å². The van der Waals surface area contributed by atoms with Crippen molar-refractivity contribution < 1.29 is 13.9 Å². The number of oxazole rings is 1. The second kappa shape index (κ2) is 8.13. The third-order valence-corrected chi connectivity index (χ3v) is 3.89. The van der Waals surface area contributed by atoms with Crippen LogP contribution >= 0.6 is 0 Å². The van der Waals surface area contributed by atoms with Crippen molar-refractivity contribution in [2.24, 2.45) is 0 Å². The summed E-state index contributed by atoms with van der Waals surface area (Å²) in [5.74, 6) is 0.552. The van der Waals surface area contributed by atoms with Crippen LogP contribution in [0, 0.1) is 18.3 Å². The minimum Gasteiger partial charge on any atom is -0.462 e. The number of nitriles is 1. The summed E-state index contributed by atoms with van der Waals surface area (Å²) in [5.41, 5.74) is 3.06. The third kappa shape index (κ3) is 3.98. The van der Waals surface area contributed by atoms with E-state index in [2.05, 4.69) is 4.98 Å². The zero-order chi connectivity index (χ0) is 18.4. The fourth-order valence-corrected chi connectivity index (χ4v) is 2.49. The van der Waals surface area contributed by atoms with Crippen LogP contribution < -0.4 is 0 Å².